The van der Waals surface area contributed by atoms with Crippen molar-refractivity contribution in [1.29, 1.82) is 0 Å². The number of nitrogens with one attached hydrogen (secondary N) is 1. The number of hydrogen-bond acceptors (Lipinski definition) is 4. The zero-order valence-electron chi connectivity index (χ0n) is 15.6. The van der Waals surface area contributed by atoms with Gasteiger partial charge >= 0.3 is 6.03 Å². The first kappa shape index (κ1) is 17.7. The summed E-state index contributed by atoms with van der Waals surface area (Å²) in [6.07, 6.45) is 2.25. The number of urea groups is 1. The summed E-state index contributed by atoms with van der Waals surface area (Å²) in [5.74, 6) is -0.136. The van der Waals surface area contributed by atoms with Gasteiger partial charge in [0, 0.05) is 38.9 Å². The molecule has 0 bridgehead atoms. The third-order valence-electron chi connectivity index (χ3n) is 5.19. The van der Waals surface area contributed by atoms with Gasteiger partial charge in [-0.25, -0.2) is 4.79 Å². The maximum atomic E-state index is 12.3. The van der Waals surface area contributed by atoms with Crippen molar-refractivity contribution < 1.29 is 9.59 Å². The molecule has 3 amide bonds. The zero-order chi connectivity index (χ0) is 18.2. The van der Waals surface area contributed by atoms with Crippen molar-refractivity contribution in [1.82, 2.24) is 15.1 Å². The average molecular weight is 344 g/mol. The van der Waals surface area contributed by atoms with E-state index in [9.17, 15) is 9.59 Å². The molecule has 1 aromatic rings. The van der Waals surface area contributed by atoms with Gasteiger partial charge in [-0.3, -0.25) is 14.6 Å². The van der Waals surface area contributed by atoms with Crippen LogP contribution in [0.15, 0.2) is 24.3 Å². The van der Waals surface area contributed by atoms with Crippen molar-refractivity contribution in [3.05, 3.63) is 29.8 Å². The number of rotatable bonds is 5. The van der Waals surface area contributed by atoms with Crippen LogP contribution in [0.3, 0.4) is 0 Å². The largest absolute Gasteiger partial charge is 0.378 e. The third kappa shape index (κ3) is 3.49. The lowest BCUT2D eigenvalue weighted by Gasteiger charge is -2.27. The standard InChI is InChI=1S/C19H28N4O2/c1-19(2)17(24)23(18(25)20-19)12-11-22-10-6-9-16(22)14-7-5-8-15(13-14)21(3)4/h5,7-8,13,16H,6,9-12H2,1-4H3,(H,20,25)/t16-/m0/s1. The Morgan fingerprint density at radius 1 is 1.24 bits per heavy atom. The molecule has 2 fully saturated rings. The Labute approximate surface area is 149 Å². The molecule has 1 atom stereocenters. The quantitative estimate of drug-likeness (QED) is 0.832. The molecule has 6 heteroatoms. The molecule has 136 valence electrons. The summed E-state index contributed by atoms with van der Waals surface area (Å²) in [4.78, 5) is 30.2. The number of anilines is 1. The average Bonchev–Trinajstić information content (AvgIpc) is 3.09. The minimum atomic E-state index is -0.790. The van der Waals surface area contributed by atoms with E-state index in [1.807, 2.05) is 14.1 Å². The number of amides is 3. The Morgan fingerprint density at radius 3 is 2.64 bits per heavy atom. The Morgan fingerprint density at radius 2 is 2.00 bits per heavy atom. The monoisotopic (exact) mass is 344 g/mol. The summed E-state index contributed by atoms with van der Waals surface area (Å²) in [5.41, 5.74) is 1.71. The van der Waals surface area contributed by atoms with E-state index < -0.39 is 5.54 Å². The highest BCUT2D eigenvalue weighted by atomic mass is 16.2. The Bertz CT molecular complexity index is 671. The van der Waals surface area contributed by atoms with E-state index in [0.29, 0.717) is 19.1 Å². The van der Waals surface area contributed by atoms with Crippen LogP contribution in [0.4, 0.5) is 10.5 Å². The molecule has 0 saturated carbocycles. The van der Waals surface area contributed by atoms with Gasteiger partial charge in [-0.15, -0.1) is 0 Å². The molecule has 2 saturated heterocycles. The Hall–Kier alpha value is -2.08. The predicted molar refractivity (Wildman–Crippen MR) is 98.6 cm³/mol. The van der Waals surface area contributed by atoms with Gasteiger partial charge in [0.15, 0.2) is 0 Å². The lowest BCUT2D eigenvalue weighted by molar-refractivity contribution is -0.130. The van der Waals surface area contributed by atoms with Crippen molar-refractivity contribution in [2.75, 3.05) is 38.6 Å². The molecule has 2 aliphatic heterocycles. The summed E-state index contributed by atoms with van der Waals surface area (Å²) in [7, 11) is 4.09. The molecule has 0 spiro atoms. The van der Waals surface area contributed by atoms with Crippen LogP contribution in [0.25, 0.3) is 0 Å². The zero-order valence-corrected chi connectivity index (χ0v) is 15.6. The fourth-order valence-corrected chi connectivity index (χ4v) is 3.73. The number of carbonyl (C=O) groups is 2. The van der Waals surface area contributed by atoms with Crippen molar-refractivity contribution >= 4 is 17.6 Å². The molecule has 25 heavy (non-hydrogen) atoms. The topological polar surface area (TPSA) is 55.9 Å². The molecular formula is C19H28N4O2. The van der Waals surface area contributed by atoms with Gasteiger partial charge in [0.1, 0.15) is 5.54 Å². The maximum absolute atomic E-state index is 12.3. The number of likely N-dealkylation sites (tertiary alicyclic amines) is 1. The van der Waals surface area contributed by atoms with Crippen LogP contribution in [0.1, 0.15) is 38.3 Å². The molecule has 6 nitrogen and oxygen atoms in total. The highest BCUT2D eigenvalue weighted by molar-refractivity contribution is 6.06. The van der Waals surface area contributed by atoms with E-state index in [1.165, 1.54) is 16.2 Å². The Kier molecular flexibility index (Phi) is 4.73. The van der Waals surface area contributed by atoms with Gasteiger partial charge in [0.2, 0.25) is 0 Å². The summed E-state index contributed by atoms with van der Waals surface area (Å²) in [6, 6.07) is 8.69. The van der Waals surface area contributed by atoms with E-state index in [2.05, 4.69) is 39.4 Å². The van der Waals surface area contributed by atoms with E-state index in [4.69, 9.17) is 0 Å². The molecule has 2 aliphatic rings. The van der Waals surface area contributed by atoms with Gasteiger partial charge in [0.25, 0.3) is 5.91 Å². The first-order chi connectivity index (χ1) is 11.8. The van der Waals surface area contributed by atoms with Crippen LogP contribution in [0.5, 0.6) is 0 Å². The SMILES string of the molecule is CN(C)c1cccc([C@@H]2CCCN2CCN2C(=O)NC(C)(C)C2=O)c1. The van der Waals surface area contributed by atoms with Gasteiger partial charge in [0.05, 0.1) is 0 Å². The second kappa shape index (κ2) is 6.67. The highest BCUT2D eigenvalue weighted by Crippen LogP contribution is 2.33. The molecule has 0 aromatic heterocycles. The summed E-state index contributed by atoms with van der Waals surface area (Å²) >= 11 is 0. The fraction of sp³-hybridized carbons (Fsp3) is 0.579. The van der Waals surface area contributed by atoms with Crippen LogP contribution in [-0.2, 0) is 4.79 Å². The molecule has 0 unspecified atom stereocenters. The predicted octanol–water partition coefficient (Wildman–Crippen LogP) is 2.22. The molecule has 1 N–H and O–H groups in total. The molecule has 0 aliphatic carbocycles. The number of benzene rings is 1. The van der Waals surface area contributed by atoms with Crippen LogP contribution in [0, 0.1) is 0 Å². The molecular weight excluding hydrogens is 316 g/mol. The first-order valence-electron chi connectivity index (χ1n) is 8.95. The Balaban J connectivity index is 1.68. The normalized spacial score (nSPS) is 23.2. The van der Waals surface area contributed by atoms with E-state index in [-0.39, 0.29) is 11.9 Å². The number of hydrogen-bond donors (Lipinski definition) is 1. The minimum Gasteiger partial charge on any atom is -0.378 e. The third-order valence-corrected chi connectivity index (χ3v) is 5.19. The lowest BCUT2D eigenvalue weighted by Crippen LogP contribution is -2.41. The number of carbonyl (C=O) groups excluding carboxylic acids is 2. The number of nitrogens with zero attached hydrogens (tertiary/aromatic N) is 3. The van der Waals surface area contributed by atoms with Gasteiger partial charge in [-0.05, 0) is 50.9 Å². The first-order valence-corrected chi connectivity index (χ1v) is 8.95. The van der Waals surface area contributed by atoms with Crippen molar-refractivity contribution in [3.63, 3.8) is 0 Å². The molecule has 2 heterocycles. The van der Waals surface area contributed by atoms with Crippen LogP contribution < -0.4 is 10.2 Å². The summed E-state index contributed by atoms with van der Waals surface area (Å²) < 4.78 is 0. The van der Waals surface area contributed by atoms with Crippen molar-refractivity contribution in [2.45, 2.75) is 38.3 Å². The second-order valence-electron chi connectivity index (χ2n) is 7.70. The molecule has 1 aromatic carbocycles. The summed E-state index contributed by atoms with van der Waals surface area (Å²) in [5, 5.41) is 2.74. The molecule has 0 radical (unpaired) electrons. The smallest absolute Gasteiger partial charge is 0.325 e. The van der Waals surface area contributed by atoms with Crippen LogP contribution >= 0.6 is 0 Å². The van der Waals surface area contributed by atoms with Gasteiger partial charge < -0.3 is 10.2 Å². The van der Waals surface area contributed by atoms with Crippen LogP contribution in [0.2, 0.25) is 0 Å². The van der Waals surface area contributed by atoms with Gasteiger partial charge in [-0.1, -0.05) is 12.1 Å². The van der Waals surface area contributed by atoms with Crippen molar-refractivity contribution in [3.8, 4) is 0 Å². The van der Waals surface area contributed by atoms with E-state index >= 15 is 0 Å². The second-order valence-corrected chi connectivity index (χ2v) is 7.70. The highest BCUT2D eigenvalue weighted by Gasteiger charge is 2.44. The van der Waals surface area contributed by atoms with Crippen molar-refractivity contribution in [2.24, 2.45) is 0 Å². The maximum Gasteiger partial charge on any atom is 0.325 e. The van der Waals surface area contributed by atoms with Crippen LogP contribution in [-0.4, -0.2) is 61.0 Å². The summed E-state index contributed by atoms with van der Waals surface area (Å²) in [6.45, 7) is 5.66. The number of imide groups is 1. The lowest BCUT2D eigenvalue weighted by atomic mass is 10.0. The minimum absolute atomic E-state index is 0.136. The van der Waals surface area contributed by atoms with E-state index in [1.54, 1.807) is 13.8 Å². The molecule has 3 rings (SSSR count). The fourth-order valence-electron chi connectivity index (χ4n) is 3.73. The van der Waals surface area contributed by atoms with E-state index in [0.717, 1.165) is 19.4 Å². The van der Waals surface area contributed by atoms with Gasteiger partial charge in [-0.2, -0.15) is 0 Å².